The number of aromatic nitrogens is 3. The van der Waals surface area contributed by atoms with Crippen molar-refractivity contribution >= 4 is 51.5 Å². The number of hydrogen-bond acceptors (Lipinski definition) is 8. The van der Waals surface area contributed by atoms with Crippen LogP contribution in [0.3, 0.4) is 0 Å². The van der Waals surface area contributed by atoms with Crippen LogP contribution in [0.25, 0.3) is 11.5 Å². The van der Waals surface area contributed by atoms with Gasteiger partial charge in [-0.1, -0.05) is 39.7 Å². The molecule has 1 aliphatic heterocycles. The highest BCUT2D eigenvalue weighted by Crippen LogP contribution is 2.35. The second kappa shape index (κ2) is 9.08. The van der Waals surface area contributed by atoms with Crippen LogP contribution in [0.2, 0.25) is 10.0 Å². The number of rotatable bonds is 5. The normalized spacial score (nSPS) is 18.6. The molecule has 2 atom stereocenters. The molecule has 0 bridgehead atoms. The zero-order valence-electron chi connectivity index (χ0n) is 16.9. The van der Waals surface area contributed by atoms with Crippen molar-refractivity contribution in [3.8, 4) is 11.5 Å². The maximum absolute atomic E-state index is 15.0. The maximum Gasteiger partial charge on any atom is 0.350 e. The predicted molar refractivity (Wildman–Crippen MR) is 117 cm³/mol. The highest BCUT2D eigenvalue weighted by atomic mass is 35.5. The number of ether oxygens (including phenoxy) is 1. The van der Waals surface area contributed by atoms with Crippen molar-refractivity contribution in [2.75, 3.05) is 25.1 Å². The van der Waals surface area contributed by atoms with E-state index in [0.717, 1.165) is 11.3 Å². The minimum absolute atomic E-state index is 0.0207. The summed E-state index contributed by atoms with van der Waals surface area (Å²) in [5.74, 6) is -0.791. The van der Waals surface area contributed by atoms with Crippen LogP contribution in [-0.2, 0) is 4.74 Å². The van der Waals surface area contributed by atoms with E-state index in [1.165, 1.54) is 13.3 Å². The molecule has 1 aliphatic rings. The minimum atomic E-state index is -1.38. The molecule has 13 heteroatoms. The highest BCUT2D eigenvalue weighted by molar-refractivity contribution is 7.17. The van der Waals surface area contributed by atoms with E-state index >= 15 is 0 Å². The number of amides is 1. The summed E-state index contributed by atoms with van der Waals surface area (Å²) >= 11 is 13.2. The van der Waals surface area contributed by atoms with Gasteiger partial charge in [-0.15, -0.1) is 0 Å². The molecular weight excluding hydrogens is 484 g/mol. The number of thiazole rings is 1. The van der Waals surface area contributed by atoms with E-state index in [2.05, 4.69) is 20.4 Å². The lowest BCUT2D eigenvalue weighted by Crippen LogP contribution is -2.52. The summed E-state index contributed by atoms with van der Waals surface area (Å²) in [4.78, 5) is 33.9. The largest absolute Gasteiger partial charge is 0.465 e. The van der Waals surface area contributed by atoms with Crippen LogP contribution in [0.4, 0.5) is 9.52 Å². The Labute approximate surface area is 195 Å². The standard InChI is InChI=1S/C19H18Cl2FN5O4S/c1-8-12(20)13(21)15(24-8)17(28)25-10-4-6-27(7-9(10)22)19-26-14(11-3-5-23-31-11)16(32-19)18(29)30-2/h3,5,9-10,24H,4,6-7H2,1-2H3,(H,25,28)/t9-,10+/m0/s1. The van der Waals surface area contributed by atoms with Crippen molar-refractivity contribution in [2.45, 2.75) is 25.6 Å². The van der Waals surface area contributed by atoms with Crippen molar-refractivity contribution in [2.24, 2.45) is 0 Å². The molecule has 170 valence electrons. The first-order valence-corrected chi connectivity index (χ1v) is 11.1. The smallest absolute Gasteiger partial charge is 0.350 e. The Kier molecular flexibility index (Phi) is 6.40. The molecule has 0 spiro atoms. The van der Waals surface area contributed by atoms with Gasteiger partial charge in [0, 0.05) is 18.3 Å². The average Bonchev–Trinajstić information content (AvgIpc) is 3.51. The van der Waals surface area contributed by atoms with Crippen LogP contribution in [0.15, 0.2) is 16.8 Å². The number of piperidine rings is 1. The summed E-state index contributed by atoms with van der Waals surface area (Å²) in [6, 6.07) is 0.857. The Morgan fingerprint density at radius 1 is 1.41 bits per heavy atom. The number of nitrogens with one attached hydrogen (secondary N) is 2. The van der Waals surface area contributed by atoms with E-state index in [4.69, 9.17) is 32.5 Å². The second-order valence-electron chi connectivity index (χ2n) is 7.13. The van der Waals surface area contributed by atoms with Gasteiger partial charge in [0.1, 0.15) is 22.4 Å². The van der Waals surface area contributed by atoms with Gasteiger partial charge in [-0.2, -0.15) is 0 Å². The lowest BCUT2D eigenvalue weighted by molar-refractivity contribution is 0.0606. The number of aryl methyl sites for hydroxylation is 1. The van der Waals surface area contributed by atoms with E-state index in [-0.39, 0.29) is 32.9 Å². The number of aromatic amines is 1. The van der Waals surface area contributed by atoms with Crippen molar-refractivity contribution in [3.05, 3.63) is 38.6 Å². The van der Waals surface area contributed by atoms with Gasteiger partial charge in [0.25, 0.3) is 5.91 Å². The van der Waals surface area contributed by atoms with Crippen LogP contribution >= 0.6 is 34.5 Å². The maximum atomic E-state index is 15.0. The van der Waals surface area contributed by atoms with Gasteiger partial charge in [-0.3, -0.25) is 4.79 Å². The Morgan fingerprint density at radius 3 is 2.78 bits per heavy atom. The van der Waals surface area contributed by atoms with E-state index in [1.54, 1.807) is 17.9 Å². The van der Waals surface area contributed by atoms with Crippen molar-refractivity contribution in [1.29, 1.82) is 0 Å². The molecule has 4 heterocycles. The molecule has 32 heavy (non-hydrogen) atoms. The Balaban J connectivity index is 1.48. The summed E-state index contributed by atoms with van der Waals surface area (Å²) in [6.45, 7) is 2.08. The third-order valence-corrected chi connectivity index (χ3v) is 7.11. The molecular formula is C19H18Cl2FN5O4S. The summed E-state index contributed by atoms with van der Waals surface area (Å²) in [5, 5.41) is 7.12. The average molecular weight is 502 g/mol. The van der Waals surface area contributed by atoms with E-state index in [9.17, 15) is 14.0 Å². The van der Waals surface area contributed by atoms with Gasteiger partial charge >= 0.3 is 5.97 Å². The number of esters is 1. The third-order valence-electron chi connectivity index (χ3n) is 5.07. The fourth-order valence-electron chi connectivity index (χ4n) is 3.39. The first-order valence-electron chi connectivity index (χ1n) is 9.53. The van der Waals surface area contributed by atoms with Gasteiger partial charge in [-0.05, 0) is 13.3 Å². The topological polar surface area (TPSA) is 113 Å². The number of hydrogen-bond donors (Lipinski definition) is 2. The zero-order chi connectivity index (χ0) is 23.0. The quantitative estimate of drug-likeness (QED) is 0.510. The second-order valence-corrected chi connectivity index (χ2v) is 8.86. The summed E-state index contributed by atoms with van der Waals surface area (Å²) < 4.78 is 24.9. The number of halogens is 3. The van der Waals surface area contributed by atoms with E-state index in [1.807, 2.05) is 0 Å². The molecule has 1 saturated heterocycles. The Morgan fingerprint density at radius 2 is 2.19 bits per heavy atom. The Hall–Kier alpha value is -2.63. The number of carbonyl (C=O) groups excluding carboxylic acids is 2. The number of nitrogens with zero attached hydrogens (tertiary/aromatic N) is 3. The predicted octanol–water partition coefficient (Wildman–Crippen LogP) is 3.87. The van der Waals surface area contributed by atoms with Crippen LogP contribution in [-0.4, -0.2) is 59.4 Å². The van der Waals surface area contributed by atoms with Crippen molar-refractivity contribution in [3.63, 3.8) is 0 Å². The number of H-pyrrole nitrogens is 1. The van der Waals surface area contributed by atoms with Crippen molar-refractivity contribution < 1.29 is 23.2 Å². The lowest BCUT2D eigenvalue weighted by Gasteiger charge is -2.34. The molecule has 0 unspecified atom stereocenters. The van der Waals surface area contributed by atoms with Gasteiger partial charge in [-0.25, -0.2) is 14.2 Å². The van der Waals surface area contributed by atoms with E-state index < -0.39 is 24.1 Å². The van der Waals surface area contributed by atoms with Gasteiger partial charge in [0.05, 0.1) is 35.9 Å². The van der Waals surface area contributed by atoms with Crippen LogP contribution in [0.5, 0.6) is 0 Å². The molecule has 0 radical (unpaired) electrons. The third kappa shape index (κ3) is 4.19. The van der Waals surface area contributed by atoms with Crippen molar-refractivity contribution in [1.82, 2.24) is 20.4 Å². The Bertz CT molecular complexity index is 1150. The van der Waals surface area contributed by atoms with Gasteiger partial charge in [0.15, 0.2) is 10.9 Å². The van der Waals surface area contributed by atoms with E-state index in [0.29, 0.717) is 29.6 Å². The summed E-state index contributed by atoms with van der Waals surface area (Å²) in [7, 11) is 1.27. The number of anilines is 1. The molecule has 3 aromatic rings. The zero-order valence-corrected chi connectivity index (χ0v) is 19.3. The summed E-state index contributed by atoms with van der Waals surface area (Å²) in [5.41, 5.74) is 0.943. The number of methoxy groups -OCH3 is 1. The fourth-order valence-corrected chi connectivity index (χ4v) is 4.83. The van der Waals surface area contributed by atoms with Gasteiger partial charge < -0.3 is 24.5 Å². The first kappa shape index (κ1) is 22.6. The molecule has 0 aliphatic carbocycles. The molecule has 1 fully saturated rings. The molecule has 0 aromatic carbocycles. The van der Waals surface area contributed by atoms with Gasteiger partial charge in [0.2, 0.25) is 0 Å². The summed E-state index contributed by atoms with van der Waals surface area (Å²) in [6.07, 6.45) is 0.381. The van der Waals surface area contributed by atoms with Crippen LogP contribution < -0.4 is 10.2 Å². The SMILES string of the molecule is COC(=O)c1sc(N2CC[C@@H](NC(=O)c3[nH]c(C)c(Cl)c3Cl)[C@@H](F)C2)nc1-c1ccno1. The fraction of sp³-hybridized carbons (Fsp3) is 0.368. The molecule has 2 N–H and O–H groups in total. The first-order chi connectivity index (χ1) is 15.3. The molecule has 0 saturated carbocycles. The highest BCUT2D eigenvalue weighted by Gasteiger charge is 2.34. The van der Waals surface area contributed by atoms with Crippen LogP contribution in [0.1, 0.15) is 32.3 Å². The van der Waals surface area contributed by atoms with Crippen LogP contribution in [0, 0.1) is 6.92 Å². The molecule has 4 rings (SSSR count). The molecule has 1 amide bonds. The molecule has 3 aromatic heterocycles. The number of alkyl halides is 1. The minimum Gasteiger partial charge on any atom is -0.465 e. The monoisotopic (exact) mass is 501 g/mol. The number of carbonyl (C=O) groups is 2. The lowest BCUT2D eigenvalue weighted by atomic mass is 10.0. The molecule has 9 nitrogen and oxygen atoms in total.